The van der Waals surface area contributed by atoms with Crippen molar-refractivity contribution in [2.45, 2.75) is 136 Å². The third-order valence-electron chi connectivity index (χ3n) is 9.91. The molecule has 4 unspecified atom stereocenters. The highest BCUT2D eigenvalue weighted by Crippen LogP contribution is 2.38. The average molecular weight is 617 g/mol. The lowest BCUT2D eigenvalue weighted by molar-refractivity contribution is -0.145. The molecule has 5 nitrogen and oxygen atoms in total. The summed E-state index contributed by atoms with van der Waals surface area (Å²) in [5.74, 6) is -1.31. The van der Waals surface area contributed by atoms with Crippen LogP contribution < -0.4 is 0 Å². The quantitative estimate of drug-likeness (QED) is 0.121. The zero-order chi connectivity index (χ0) is 32.6. The molecule has 0 aromatic heterocycles. The minimum atomic E-state index is -0.600. The molecule has 2 aliphatic rings. The summed E-state index contributed by atoms with van der Waals surface area (Å²) in [7, 11) is 0. The number of Topliss-reactive ketones (excluding diaryl/α,β-unsaturated/α-hetero) is 5. The van der Waals surface area contributed by atoms with Crippen molar-refractivity contribution in [3.8, 4) is 0 Å². The molecule has 0 N–H and O–H groups in total. The zero-order valence-corrected chi connectivity index (χ0v) is 28.1. The molecule has 45 heavy (non-hydrogen) atoms. The molecule has 5 heteroatoms. The molecular formula is C40H56O5. The Labute approximate surface area is 271 Å². The number of rotatable bonds is 22. The van der Waals surface area contributed by atoms with Crippen LogP contribution in [0.15, 0.2) is 48.1 Å². The van der Waals surface area contributed by atoms with Gasteiger partial charge in [-0.2, -0.15) is 0 Å². The summed E-state index contributed by atoms with van der Waals surface area (Å²) in [5, 5.41) is 0. The van der Waals surface area contributed by atoms with Gasteiger partial charge in [0.2, 0.25) is 0 Å². The summed E-state index contributed by atoms with van der Waals surface area (Å²) in [6.45, 7) is 5.72. The Bertz CT molecular complexity index is 1200. The normalized spacial score (nSPS) is 20.3. The summed E-state index contributed by atoms with van der Waals surface area (Å²) in [6.07, 6.45) is 18.5. The number of ketones is 5. The molecule has 0 heterocycles. The Hall–Kier alpha value is -2.95. The van der Waals surface area contributed by atoms with E-state index in [1.807, 2.05) is 13.0 Å². The molecule has 1 fully saturated rings. The highest BCUT2D eigenvalue weighted by atomic mass is 16.2. The summed E-state index contributed by atoms with van der Waals surface area (Å²) in [6, 6.07) is 8.48. The summed E-state index contributed by atoms with van der Waals surface area (Å²) in [5.41, 5.74) is 3.71. The number of allylic oxidation sites excluding steroid dienone is 4. The number of hydrogen-bond acceptors (Lipinski definition) is 5. The maximum absolute atomic E-state index is 14.1. The van der Waals surface area contributed by atoms with Crippen molar-refractivity contribution in [3.63, 3.8) is 0 Å². The van der Waals surface area contributed by atoms with Crippen LogP contribution in [-0.4, -0.2) is 28.9 Å². The summed E-state index contributed by atoms with van der Waals surface area (Å²) >= 11 is 0. The van der Waals surface area contributed by atoms with E-state index in [0.717, 1.165) is 64.2 Å². The SMILES string of the molecule is CCCC(=O)CC(CCCCCCCC(C)=O)C(=O)CC1C(=O)C(CCc2ccc(CC)cc2)CC(=O)C1CCC1=CC=CC1. The average Bonchev–Trinajstić information content (AvgIpc) is 3.54. The standard InChI is InChI=1S/C40H56O5/c1-4-13-35(42)26-33(17-10-8-6-7-9-14-29(3)41)38(43)28-37-36(25-23-31-15-11-12-16-31)39(44)27-34(40(37)45)24-22-32-20-18-30(5-2)19-21-32/h11-12,15,18-21,33-34,36-37H,4-10,13-14,16-17,22-28H2,1-3H3. The van der Waals surface area contributed by atoms with Crippen molar-refractivity contribution in [1.82, 2.24) is 0 Å². The first-order valence-corrected chi connectivity index (χ1v) is 17.7. The minimum absolute atomic E-state index is 0.0234. The smallest absolute Gasteiger partial charge is 0.140 e. The van der Waals surface area contributed by atoms with E-state index in [1.165, 1.54) is 16.7 Å². The van der Waals surface area contributed by atoms with E-state index in [2.05, 4.69) is 43.3 Å². The van der Waals surface area contributed by atoms with Crippen molar-refractivity contribution < 1.29 is 24.0 Å². The lowest BCUT2D eigenvalue weighted by Crippen LogP contribution is -2.43. The van der Waals surface area contributed by atoms with E-state index in [9.17, 15) is 24.0 Å². The Morgan fingerprint density at radius 2 is 1.56 bits per heavy atom. The first kappa shape index (κ1) is 36.5. The van der Waals surface area contributed by atoms with E-state index in [0.29, 0.717) is 32.1 Å². The summed E-state index contributed by atoms with van der Waals surface area (Å²) in [4.78, 5) is 65.6. The van der Waals surface area contributed by atoms with Gasteiger partial charge in [-0.05, 0) is 75.8 Å². The number of benzene rings is 1. The summed E-state index contributed by atoms with van der Waals surface area (Å²) < 4.78 is 0. The second kappa shape index (κ2) is 19.5. The van der Waals surface area contributed by atoms with Crippen molar-refractivity contribution in [1.29, 1.82) is 0 Å². The molecule has 0 saturated heterocycles. The number of unbranched alkanes of at least 4 members (excludes halogenated alkanes) is 4. The molecule has 0 spiro atoms. The number of hydrogen-bond donors (Lipinski definition) is 0. The number of aryl methyl sites for hydroxylation is 2. The van der Waals surface area contributed by atoms with Gasteiger partial charge >= 0.3 is 0 Å². The van der Waals surface area contributed by atoms with E-state index in [-0.39, 0.29) is 54.1 Å². The molecule has 1 saturated carbocycles. The lowest BCUT2D eigenvalue weighted by Gasteiger charge is -2.34. The van der Waals surface area contributed by atoms with Crippen LogP contribution in [-0.2, 0) is 36.8 Å². The van der Waals surface area contributed by atoms with Gasteiger partial charge in [-0.15, -0.1) is 0 Å². The predicted octanol–water partition coefficient (Wildman–Crippen LogP) is 8.89. The largest absolute Gasteiger partial charge is 0.300 e. The fourth-order valence-electron chi connectivity index (χ4n) is 7.08. The van der Waals surface area contributed by atoms with Crippen LogP contribution in [0, 0.1) is 23.7 Å². The molecule has 0 radical (unpaired) electrons. The first-order chi connectivity index (χ1) is 21.7. The van der Waals surface area contributed by atoms with Crippen LogP contribution in [0.4, 0.5) is 0 Å². The maximum atomic E-state index is 14.1. The molecule has 2 aliphatic carbocycles. The monoisotopic (exact) mass is 616 g/mol. The highest BCUT2D eigenvalue weighted by molar-refractivity contribution is 6.00. The van der Waals surface area contributed by atoms with Crippen molar-refractivity contribution in [2.75, 3.05) is 0 Å². The van der Waals surface area contributed by atoms with Gasteiger partial charge in [-0.25, -0.2) is 0 Å². The second-order valence-corrected chi connectivity index (χ2v) is 13.6. The van der Waals surface area contributed by atoms with Crippen molar-refractivity contribution in [2.24, 2.45) is 23.7 Å². The number of carbonyl (C=O) groups is 5. The van der Waals surface area contributed by atoms with E-state index < -0.39 is 17.8 Å². The van der Waals surface area contributed by atoms with Crippen LogP contribution >= 0.6 is 0 Å². The zero-order valence-electron chi connectivity index (χ0n) is 28.1. The highest BCUT2D eigenvalue weighted by Gasteiger charge is 2.44. The molecule has 3 rings (SSSR count). The van der Waals surface area contributed by atoms with E-state index in [4.69, 9.17) is 0 Å². The molecule has 4 atom stereocenters. The Balaban J connectivity index is 1.70. The van der Waals surface area contributed by atoms with Gasteiger partial charge in [0.1, 0.15) is 28.9 Å². The molecule has 1 aromatic carbocycles. The van der Waals surface area contributed by atoms with Crippen molar-refractivity contribution in [3.05, 3.63) is 59.2 Å². The van der Waals surface area contributed by atoms with Gasteiger partial charge in [-0.3, -0.25) is 19.2 Å². The first-order valence-electron chi connectivity index (χ1n) is 17.7. The topological polar surface area (TPSA) is 85.3 Å². The minimum Gasteiger partial charge on any atom is -0.300 e. The fourth-order valence-corrected chi connectivity index (χ4v) is 7.08. The van der Waals surface area contributed by atoms with Crippen LogP contribution in [0.3, 0.4) is 0 Å². The van der Waals surface area contributed by atoms with E-state index in [1.54, 1.807) is 6.92 Å². The van der Waals surface area contributed by atoms with Gasteiger partial charge in [-0.1, -0.05) is 87.6 Å². The fraction of sp³-hybridized carbons (Fsp3) is 0.625. The molecular weight excluding hydrogens is 560 g/mol. The van der Waals surface area contributed by atoms with E-state index >= 15 is 0 Å². The van der Waals surface area contributed by atoms with Gasteiger partial charge in [0.15, 0.2) is 0 Å². The maximum Gasteiger partial charge on any atom is 0.140 e. The third-order valence-corrected chi connectivity index (χ3v) is 9.91. The molecule has 0 amide bonds. The molecule has 0 aliphatic heterocycles. The number of carbonyl (C=O) groups excluding carboxylic acids is 5. The van der Waals surface area contributed by atoms with Crippen molar-refractivity contribution >= 4 is 28.9 Å². The van der Waals surface area contributed by atoms with Crippen LogP contribution in [0.5, 0.6) is 0 Å². The Morgan fingerprint density at radius 3 is 2.22 bits per heavy atom. The van der Waals surface area contributed by atoms with Crippen LogP contribution in [0.2, 0.25) is 0 Å². The van der Waals surface area contributed by atoms with Crippen LogP contribution in [0.25, 0.3) is 0 Å². The predicted molar refractivity (Wildman–Crippen MR) is 181 cm³/mol. The Morgan fingerprint density at radius 1 is 0.844 bits per heavy atom. The van der Waals surface area contributed by atoms with Gasteiger partial charge < -0.3 is 4.79 Å². The third kappa shape index (κ3) is 12.4. The Kier molecular flexibility index (Phi) is 15.9. The molecule has 0 bridgehead atoms. The van der Waals surface area contributed by atoms with Gasteiger partial charge in [0.25, 0.3) is 0 Å². The van der Waals surface area contributed by atoms with Crippen LogP contribution in [0.1, 0.15) is 135 Å². The lowest BCUT2D eigenvalue weighted by atomic mass is 9.66. The van der Waals surface area contributed by atoms with Gasteiger partial charge in [0, 0.05) is 55.8 Å². The molecule has 1 aromatic rings. The second-order valence-electron chi connectivity index (χ2n) is 13.6. The molecule has 246 valence electrons. The van der Waals surface area contributed by atoms with Gasteiger partial charge in [0.05, 0.1) is 0 Å².